The van der Waals surface area contributed by atoms with Gasteiger partial charge in [-0.1, -0.05) is 6.07 Å². The van der Waals surface area contributed by atoms with Gasteiger partial charge in [-0.05, 0) is 60.9 Å². The van der Waals surface area contributed by atoms with Crippen molar-refractivity contribution >= 4 is 5.69 Å². The summed E-state index contributed by atoms with van der Waals surface area (Å²) in [6.45, 7) is 2.53. The Labute approximate surface area is 124 Å². The molecule has 1 N–H and O–H groups in total. The number of rotatable bonds is 3. The fourth-order valence-electron chi connectivity index (χ4n) is 3.61. The number of hydrogen-bond acceptors (Lipinski definition) is 5. The van der Waals surface area contributed by atoms with Crippen LogP contribution >= 0.6 is 0 Å². The molecule has 2 aliphatic heterocycles. The Balaban J connectivity index is 1.46. The van der Waals surface area contributed by atoms with E-state index in [1.54, 1.807) is 11.0 Å². The zero-order chi connectivity index (χ0) is 14.1. The molecule has 21 heavy (non-hydrogen) atoms. The Morgan fingerprint density at radius 1 is 1.19 bits per heavy atom. The first-order chi connectivity index (χ1) is 10.4. The van der Waals surface area contributed by atoms with Crippen LogP contribution in [0.15, 0.2) is 30.6 Å². The SMILES string of the molecule is c1cc(NC2CCN3CCCC3C2)cc(-n2cnnn2)c1. The summed E-state index contributed by atoms with van der Waals surface area (Å²) < 4.78 is 1.69. The Morgan fingerprint density at radius 3 is 3.10 bits per heavy atom. The maximum atomic E-state index is 3.94. The smallest absolute Gasteiger partial charge is 0.143 e. The molecule has 6 heteroatoms. The lowest BCUT2D eigenvalue weighted by Gasteiger charge is -2.35. The van der Waals surface area contributed by atoms with Crippen molar-refractivity contribution in [1.29, 1.82) is 0 Å². The van der Waals surface area contributed by atoms with E-state index in [0.29, 0.717) is 6.04 Å². The van der Waals surface area contributed by atoms with Crippen LogP contribution in [0, 0.1) is 0 Å². The number of tetrazole rings is 1. The topological polar surface area (TPSA) is 58.9 Å². The normalized spacial score (nSPS) is 25.7. The van der Waals surface area contributed by atoms with Crippen LogP contribution in [0.2, 0.25) is 0 Å². The van der Waals surface area contributed by atoms with Gasteiger partial charge < -0.3 is 10.2 Å². The summed E-state index contributed by atoms with van der Waals surface area (Å²) >= 11 is 0. The summed E-state index contributed by atoms with van der Waals surface area (Å²) in [4.78, 5) is 2.65. The van der Waals surface area contributed by atoms with Crippen molar-refractivity contribution in [3.63, 3.8) is 0 Å². The molecule has 0 aliphatic carbocycles. The van der Waals surface area contributed by atoms with Crippen LogP contribution in [0.4, 0.5) is 5.69 Å². The van der Waals surface area contributed by atoms with Gasteiger partial charge in [-0.3, -0.25) is 0 Å². The number of fused-ring (bicyclic) bond motifs is 1. The molecule has 2 saturated heterocycles. The van der Waals surface area contributed by atoms with Gasteiger partial charge in [0.1, 0.15) is 6.33 Å². The highest BCUT2D eigenvalue weighted by atomic mass is 15.5. The predicted molar refractivity (Wildman–Crippen MR) is 80.4 cm³/mol. The summed E-state index contributed by atoms with van der Waals surface area (Å²) in [5.41, 5.74) is 2.14. The van der Waals surface area contributed by atoms with Crippen LogP contribution in [0.3, 0.4) is 0 Å². The minimum absolute atomic E-state index is 0.577. The van der Waals surface area contributed by atoms with Crippen molar-refractivity contribution in [1.82, 2.24) is 25.1 Å². The zero-order valence-corrected chi connectivity index (χ0v) is 12.0. The molecule has 0 radical (unpaired) electrons. The lowest BCUT2D eigenvalue weighted by molar-refractivity contribution is 0.188. The number of piperidine rings is 1. The second-order valence-corrected chi connectivity index (χ2v) is 6.00. The van der Waals surface area contributed by atoms with E-state index in [0.717, 1.165) is 17.4 Å². The molecule has 0 saturated carbocycles. The number of hydrogen-bond donors (Lipinski definition) is 1. The van der Waals surface area contributed by atoms with Gasteiger partial charge in [-0.25, -0.2) is 4.68 Å². The van der Waals surface area contributed by atoms with Gasteiger partial charge in [0.15, 0.2) is 0 Å². The first kappa shape index (κ1) is 12.8. The number of aromatic nitrogens is 4. The minimum atomic E-state index is 0.577. The van der Waals surface area contributed by atoms with E-state index in [4.69, 9.17) is 0 Å². The molecule has 2 atom stereocenters. The summed E-state index contributed by atoms with van der Waals surface area (Å²) in [5.74, 6) is 0. The quantitative estimate of drug-likeness (QED) is 0.929. The highest BCUT2D eigenvalue weighted by Crippen LogP contribution is 2.28. The molecule has 4 rings (SSSR count). The summed E-state index contributed by atoms with van der Waals surface area (Å²) in [6, 6.07) is 9.66. The fraction of sp³-hybridized carbons (Fsp3) is 0.533. The molecule has 6 nitrogen and oxygen atoms in total. The molecule has 0 bridgehead atoms. The zero-order valence-electron chi connectivity index (χ0n) is 12.0. The van der Waals surface area contributed by atoms with Crippen LogP contribution in [-0.4, -0.2) is 50.3 Å². The van der Waals surface area contributed by atoms with E-state index < -0.39 is 0 Å². The van der Waals surface area contributed by atoms with E-state index in [2.05, 4.69) is 37.9 Å². The number of nitrogens with zero attached hydrogens (tertiary/aromatic N) is 5. The monoisotopic (exact) mass is 284 g/mol. The van der Waals surface area contributed by atoms with Crippen molar-refractivity contribution in [2.75, 3.05) is 18.4 Å². The van der Waals surface area contributed by atoms with Gasteiger partial charge in [0.2, 0.25) is 0 Å². The maximum Gasteiger partial charge on any atom is 0.143 e. The first-order valence-corrected chi connectivity index (χ1v) is 7.72. The third kappa shape index (κ3) is 2.63. The number of anilines is 1. The molecule has 0 amide bonds. The van der Waals surface area contributed by atoms with E-state index in [1.165, 1.54) is 38.8 Å². The van der Waals surface area contributed by atoms with E-state index in [9.17, 15) is 0 Å². The Hall–Kier alpha value is -1.95. The molecule has 110 valence electrons. The van der Waals surface area contributed by atoms with E-state index in [1.807, 2.05) is 12.1 Å². The van der Waals surface area contributed by atoms with Gasteiger partial charge >= 0.3 is 0 Å². The summed E-state index contributed by atoms with van der Waals surface area (Å²) in [6.07, 6.45) is 6.84. The predicted octanol–water partition coefficient (Wildman–Crippen LogP) is 1.70. The van der Waals surface area contributed by atoms with Gasteiger partial charge in [0.25, 0.3) is 0 Å². The lowest BCUT2D eigenvalue weighted by Crippen LogP contribution is -2.42. The molecular formula is C15H20N6. The Kier molecular flexibility index (Phi) is 3.31. The molecule has 2 aromatic rings. The molecule has 3 heterocycles. The molecule has 1 aromatic carbocycles. The van der Waals surface area contributed by atoms with E-state index in [-0.39, 0.29) is 0 Å². The van der Waals surface area contributed by atoms with E-state index >= 15 is 0 Å². The van der Waals surface area contributed by atoms with Crippen LogP contribution < -0.4 is 5.32 Å². The van der Waals surface area contributed by atoms with Crippen LogP contribution in [0.1, 0.15) is 25.7 Å². The number of nitrogens with one attached hydrogen (secondary N) is 1. The van der Waals surface area contributed by atoms with Gasteiger partial charge in [-0.2, -0.15) is 0 Å². The third-order valence-electron chi connectivity index (χ3n) is 4.65. The molecule has 0 spiro atoms. The van der Waals surface area contributed by atoms with Gasteiger partial charge in [-0.15, -0.1) is 5.10 Å². The molecular weight excluding hydrogens is 264 g/mol. The van der Waals surface area contributed by atoms with Gasteiger partial charge in [0.05, 0.1) is 5.69 Å². The largest absolute Gasteiger partial charge is 0.382 e. The van der Waals surface area contributed by atoms with Crippen molar-refractivity contribution in [3.8, 4) is 5.69 Å². The third-order valence-corrected chi connectivity index (χ3v) is 4.65. The number of benzene rings is 1. The maximum absolute atomic E-state index is 3.94. The van der Waals surface area contributed by atoms with Crippen LogP contribution in [-0.2, 0) is 0 Å². The molecule has 2 fully saturated rings. The molecule has 2 aliphatic rings. The van der Waals surface area contributed by atoms with Crippen LogP contribution in [0.25, 0.3) is 5.69 Å². The Morgan fingerprint density at radius 2 is 2.19 bits per heavy atom. The second-order valence-electron chi connectivity index (χ2n) is 6.00. The van der Waals surface area contributed by atoms with Crippen molar-refractivity contribution < 1.29 is 0 Å². The molecule has 2 unspecified atom stereocenters. The summed E-state index contributed by atoms with van der Waals surface area (Å²) in [5, 5.41) is 15.0. The first-order valence-electron chi connectivity index (χ1n) is 7.72. The van der Waals surface area contributed by atoms with Gasteiger partial charge in [0, 0.05) is 24.3 Å². The van der Waals surface area contributed by atoms with Crippen LogP contribution in [0.5, 0.6) is 0 Å². The standard InChI is InChI=1S/C15H20N6/c1-3-12(10-15(4-1)21-11-16-18-19-21)17-13-6-8-20-7-2-5-14(20)9-13/h1,3-4,10-11,13-14,17H,2,5-9H2. The fourth-order valence-corrected chi connectivity index (χ4v) is 3.61. The van der Waals surface area contributed by atoms with Crippen molar-refractivity contribution in [3.05, 3.63) is 30.6 Å². The molecule has 1 aromatic heterocycles. The van der Waals surface area contributed by atoms with Crippen molar-refractivity contribution in [2.45, 2.75) is 37.8 Å². The lowest BCUT2D eigenvalue weighted by atomic mass is 9.97. The second kappa shape index (κ2) is 5.44. The van der Waals surface area contributed by atoms with Crippen molar-refractivity contribution in [2.24, 2.45) is 0 Å². The average molecular weight is 284 g/mol. The highest BCUT2D eigenvalue weighted by molar-refractivity contribution is 5.51. The highest BCUT2D eigenvalue weighted by Gasteiger charge is 2.31. The Bertz CT molecular complexity index is 596. The summed E-state index contributed by atoms with van der Waals surface area (Å²) in [7, 11) is 0. The average Bonchev–Trinajstić information content (AvgIpc) is 3.18. The minimum Gasteiger partial charge on any atom is -0.382 e.